The highest BCUT2D eigenvalue weighted by Gasteiger charge is 2.17. The van der Waals surface area contributed by atoms with Crippen LogP contribution in [0.1, 0.15) is 30.1 Å². The predicted molar refractivity (Wildman–Crippen MR) is 75.7 cm³/mol. The van der Waals surface area contributed by atoms with E-state index in [0.29, 0.717) is 13.0 Å². The third kappa shape index (κ3) is 4.58. The molecular weight excluding hydrogens is 261 g/mol. The Bertz CT molecular complexity index is 437. The summed E-state index contributed by atoms with van der Waals surface area (Å²) in [6.45, 7) is 4.19. The number of ketones is 1. The molecule has 0 amide bonds. The van der Waals surface area contributed by atoms with E-state index < -0.39 is 5.82 Å². The summed E-state index contributed by atoms with van der Waals surface area (Å²) in [5, 5.41) is 8.81. The molecule has 0 saturated heterocycles. The normalized spacial score (nSPS) is 10.8. The van der Waals surface area contributed by atoms with E-state index >= 15 is 0 Å². The van der Waals surface area contributed by atoms with Gasteiger partial charge in [0.15, 0.2) is 5.78 Å². The van der Waals surface area contributed by atoms with Crippen LogP contribution >= 0.6 is 0 Å². The maximum atomic E-state index is 13.7. The molecule has 0 aliphatic carbocycles. The van der Waals surface area contributed by atoms with Gasteiger partial charge in [-0.2, -0.15) is 0 Å². The van der Waals surface area contributed by atoms with Crippen LogP contribution in [0.3, 0.4) is 0 Å². The van der Waals surface area contributed by atoms with E-state index in [4.69, 9.17) is 9.84 Å². The lowest BCUT2D eigenvalue weighted by atomic mass is 10.1. The third-order valence-electron chi connectivity index (χ3n) is 3.21. The quantitative estimate of drug-likeness (QED) is 0.705. The predicted octanol–water partition coefficient (Wildman–Crippen LogP) is 2.11. The van der Waals surface area contributed by atoms with Crippen molar-refractivity contribution in [3.05, 3.63) is 29.6 Å². The van der Waals surface area contributed by atoms with Gasteiger partial charge >= 0.3 is 0 Å². The number of benzene rings is 1. The molecule has 1 aromatic rings. The summed E-state index contributed by atoms with van der Waals surface area (Å²) in [5.74, 6) is -0.538. The number of halogens is 1. The first-order valence-electron chi connectivity index (χ1n) is 6.83. The molecule has 0 bridgehead atoms. The van der Waals surface area contributed by atoms with Crippen LogP contribution in [0.25, 0.3) is 0 Å². The van der Waals surface area contributed by atoms with Gasteiger partial charge in [0.25, 0.3) is 0 Å². The van der Waals surface area contributed by atoms with E-state index in [1.54, 1.807) is 6.07 Å². The van der Waals surface area contributed by atoms with Crippen LogP contribution in [-0.4, -0.2) is 49.1 Å². The first-order valence-corrected chi connectivity index (χ1v) is 6.83. The molecule has 0 aromatic heterocycles. The Morgan fingerprint density at radius 3 is 2.75 bits per heavy atom. The fourth-order valence-electron chi connectivity index (χ4n) is 2.05. The molecule has 0 unspecified atom stereocenters. The number of carbonyl (C=O) groups is 1. The number of hydrogen-bond donors (Lipinski definition) is 1. The summed E-state index contributed by atoms with van der Waals surface area (Å²) in [4.78, 5) is 14.2. The summed E-state index contributed by atoms with van der Waals surface area (Å²) in [6, 6.07) is 4.36. The van der Waals surface area contributed by atoms with Crippen molar-refractivity contribution in [2.45, 2.75) is 19.8 Å². The third-order valence-corrected chi connectivity index (χ3v) is 3.21. The van der Waals surface area contributed by atoms with Crippen molar-refractivity contribution in [1.29, 1.82) is 0 Å². The van der Waals surface area contributed by atoms with Gasteiger partial charge in [-0.25, -0.2) is 4.39 Å². The second-order valence-corrected chi connectivity index (χ2v) is 4.50. The van der Waals surface area contributed by atoms with Crippen LogP contribution < -0.4 is 4.74 Å². The summed E-state index contributed by atoms with van der Waals surface area (Å²) >= 11 is 0. The molecule has 20 heavy (non-hydrogen) atoms. The number of aliphatic hydroxyl groups excluding tert-OH is 1. The number of ether oxygens (including phenoxy) is 1. The van der Waals surface area contributed by atoms with E-state index in [1.165, 1.54) is 19.2 Å². The average Bonchev–Trinajstić information content (AvgIpc) is 2.46. The summed E-state index contributed by atoms with van der Waals surface area (Å²) in [6.07, 6.45) is 0.904. The van der Waals surface area contributed by atoms with Crippen LogP contribution in [-0.2, 0) is 0 Å². The zero-order chi connectivity index (χ0) is 15.0. The molecule has 0 atom stereocenters. The number of rotatable bonds is 9. The van der Waals surface area contributed by atoms with Gasteiger partial charge in [-0.3, -0.25) is 4.79 Å². The molecule has 112 valence electrons. The summed E-state index contributed by atoms with van der Waals surface area (Å²) < 4.78 is 18.8. The number of methoxy groups -OCH3 is 1. The minimum atomic E-state index is -0.548. The van der Waals surface area contributed by atoms with Gasteiger partial charge < -0.3 is 14.7 Å². The topological polar surface area (TPSA) is 49.8 Å². The molecule has 0 aliphatic heterocycles. The Hall–Kier alpha value is -1.46. The van der Waals surface area contributed by atoms with E-state index in [0.717, 1.165) is 13.1 Å². The highest BCUT2D eigenvalue weighted by atomic mass is 19.1. The molecule has 1 N–H and O–H groups in total. The second-order valence-electron chi connectivity index (χ2n) is 4.50. The first kappa shape index (κ1) is 16.6. The number of Topliss-reactive ketones (excluding diaryl/α,β-unsaturated/α-hetero) is 1. The number of hydrogen-bond acceptors (Lipinski definition) is 4. The molecule has 0 fully saturated rings. The molecule has 0 heterocycles. The zero-order valence-electron chi connectivity index (χ0n) is 12.1. The standard InChI is InChI=1S/C15H22FNO3/c1-3-17(9-5-11-18)10-8-13(19)15-12(16)6-4-7-14(15)20-2/h4,6-7,18H,3,5,8-11H2,1-2H3. The van der Waals surface area contributed by atoms with E-state index in [1.807, 2.05) is 6.92 Å². The molecule has 0 aliphatic rings. The zero-order valence-corrected chi connectivity index (χ0v) is 12.1. The summed E-state index contributed by atoms with van der Waals surface area (Å²) in [5.41, 5.74) is 0.0215. The van der Waals surface area contributed by atoms with Crippen molar-refractivity contribution in [2.24, 2.45) is 0 Å². The number of carbonyl (C=O) groups excluding carboxylic acids is 1. The Kier molecular flexibility index (Phi) is 7.18. The first-order chi connectivity index (χ1) is 9.63. The Morgan fingerprint density at radius 2 is 2.15 bits per heavy atom. The maximum Gasteiger partial charge on any atom is 0.170 e. The minimum Gasteiger partial charge on any atom is -0.496 e. The van der Waals surface area contributed by atoms with Crippen LogP contribution in [0.5, 0.6) is 5.75 Å². The molecule has 0 saturated carbocycles. The lowest BCUT2D eigenvalue weighted by Crippen LogP contribution is -2.28. The molecule has 1 aromatic carbocycles. The van der Waals surface area contributed by atoms with Gasteiger partial charge in [-0.1, -0.05) is 13.0 Å². The fourth-order valence-corrected chi connectivity index (χ4v) is 2.05. The summed E-state index contributed by atoms with van der Waals surface area (Å²) in [7, 11) is 1.42. The highest BCUT2D eigenvalue weighted by molar-refractivity contribution is 5.99. The van der Waals surface area contributed by atoms with Crippen molar-refractivity contribution < 1.29 is 19.0 Å². The fraction of sp³-hybridized carbons (Fsp3) is 0.533. The van der Waals surface area contributed by atoms with E-state index in [9.17, 15) is 9.18 Å². The SMILES string of the molecule is CCN(CCCO)CCC(=O)c1c(F)cccc1OC. The largest absolute Gasteiger partial charge is 0.496 e. The molecule has 0 radical (unpaired) electrons. The van der Waals surface area contributed by atoms with Gasteiger partial charge in [0, 0.05) is 26.1 Å². The molecule has 4 nitrogen and oxygen atoms in total. The van der Waals surface area contributed by atoms with Crippen molar-refractivity contribution in [3.8, 4) is 5.75 Å². The van der Waals surface area contributed by atoms with E-state index in [-0.39, 0.29) is 30.1 Å². The monoisotopic (exact) mass is 283 g/mol. The lowest BCUT2D eigenvalue weighted by Gasteiger charge is -2.19. The Morgan fingerprint density at radius 1 is 1.40 bits per heavy atom. The maximum absolute atomic E-state index is 13.7. The van der Waals surface area contributed by atoms with Crippen molar-refractivity contribution in [3.63, 3.8) is 0 Å². The lowest BCUT2D eigenvalue weighted by molar-refractivity contribution is 0.0956. The van der Waals surface area contributed by atoms with Crippen molar-refractivity contribution >= 4 is 5.78 Å². The Balaban J connectivity index is 2.67. The number of aliphatic hydroxyl groups is 1. The minimum absolute atomic E-state index is 0.0215. The van der Waals surface area contributed by atoms with Gasteiger partial charge in [-0.05, 0) is 25.1 Å². The van der Waals surface area contributed by atoms with Gasteiger partial charge in [0.2, 0.25) is 0 Å². The molecular formula is C15H22FNO3. The molecule has 0 spiro atoms. The van der Waals surface area contributed by atoms with E-state index in [2.05, 4.69) is 4.90 Å². The van der Waals surface area contributed by atoms with Crippen LogP contribution in [0.2, 0.25) is 0 Å². The average molecular weight is 283 g/mol. The van der Waals surface area contributed by atoms with Gasteiger partial charge in [0.1, 0.15) is 11.6 Å². The van der Waals surface area contributed by atoms with Crippen LogP contribution in [0.15, 0.2) is 18.2 Å². The molecule has 1 rings (SSSR count). The smallest absolute Gasteiger partial charge is 0.170 e. The van der Waals surface area contributed by atoms with Crippen molar-refractivity contribution in [2.75, 3.05) is 33.4 Å². The van der Waals surface area contributed by atoms with Crippen LogP contribution in [0.4, 0.5) is 4.39 Å². The van der Waals surface area contributed by atoms with Gasteiger partial charge in [0.05, 0.1) is 12.7 Å². The van der Waals surface area contributed by atoms with Crippen molar-refractivity contribution in [1.82, 2.24) is 4.90 Å². The number of nitrogens with zero attached hydrogens (tertiary/aromatic N) is 1. The van der Waals surface area contributed by atoms with Crippen LogP contribution in [0, 0.1) is 5.82 Å². The molecule has 5 heteroatoms. The van der Waals surface area contributed by atoms with Gasteiger partial charge in [-0.15, -0.1) is 0 Å². The highest BCUT2D eigenvalue weighted by Crippen LogP contribution is 2.22. The second kappa shape index (κ2) is 8.66. The Labute approximate surface area is 119 Å².